The Morgan fingerprint density at radius 1 is 1.35 bits per heavy atom. The smallest absolute Gasteiger partial charge is 0.286 e. The number of nitrogens with one attached hydrogen (secondary N) is 1. The maximum atomic E-state index is 11.5. The van der Waals surface area contributed by atoms with E-state index < -0.39 is 5.91 Å². The molecule has 0 spiro atoms. The van der Waals surface area contributed by atoms with Crippen LogP contribution in [-0.4, -0.2) is 40.0 Å². The van der Waals surface area contributed by atoms with Gasteiger partial charge in [-0.25, -0.2) is 9.97 Å². The summed E-state index contributed by atoms with van der Waals surface area (Å²) >= 11 is 0. The molecule has 1 aliphatic heterocycles. The summed E-state index contributed by atoms with van der Waals surface area (Å²) in [7, 11) is 0. The Balaban J connectivity index is 1.64. The fraction of sp³-hybridized carbons (Fsp3) is 0.474. The Morgan fingerprint density at radius 2 is 2.15 bits per heavy atom. The number of amides is 1. The van der Waals surface area contributed by atoms with Crippen LogP contribution in [0.4, 0.5) is 5.82 Å². The van der Waals surface area contributed by atoms with Crippen LogP contribution in [0.25, 0.3) is 0 Å². The highest BCUT2D eigenvalue weighted by Gasteiger charge is 2.26. The fourth-order valence-electron chi connectivity index (χ4n) is 3.17. The van der Waals surface area contributed by atoms with E-state index in [1.165, 1.54) is 5.56 Å². The van der Waals surface area contributed by atoms with Crippen LogP contribution < -0.4 is 16.0 Å². The number of hydrogen-bond acceptors (Lipinski definition) is 6. The van der Waals surface area contributed by atoms with E-state index in [0.717, 1.165) is 55.2 Å². The number of nitrogens with two attached hydrogens (primary N) is 1. The largest absolute Gasteiger partial charge is 0.363 e. The quantitative estimate of drug-likeness (QED) is 0.816. The molecule has 1 aliphatic rings. The van der Waals surface area contributed by atoms with Gasteiger partial charge in [-0.05, 0) is 38.3 Å². The summed E-state index contributed by atoms with van der Waals surface area (Å²) in [6, 6.07) is 4.56. The molecule has 3 N–H and O–H groups in total. The lowest BCUT2D eigenvalue weighted by atomic mass is 10.2. The number of anilines is 1. The summed E-state index contributed by atoms with van der Waals surface area (Å²) in [6.07, 6.45) is 3.96. The predicted octanol–water partition coefficient (Wildman–Crippen LogP) is 1.52. The van der Waals surface area contributed by atoms with E-state index in [4.69, 9.17) is 5.73 Å². The summed E-state index contributed by atoms with van der Waals surface area (Å²) in [4.78, 5) is 26.7. The highest BCUT2D eigenvalue weighted by Crippen LogP contribution is 2.24. The first-order valence-corrected chi connectivity index (χ1v) is 9.05. The van der Waals surface area contributed by atoms with Gasteiger partial charge >= 0.3 is 0 Å². The van der Waals surface area contributed by atoms with Crippen molar-refractivity contribution in [2.75, 3.05) is 18.0 Å². The molecule has 1 fully saturated rings. The van der Waals surface area contributed by atoms with Crippen LogP contribution in [0, 0.1) is 13.8 Å². The van der Waals surface area contributed by atoms with Gasteiger partial charge in [-0.1, -0.05) is 13.0 Å². The number of aromatic nitrogens is 3. The van der Waals surface area contributed by atoms with Crippen LogP contribution in [0.1, 0.15) is 46.5 Å². The average Bonchev–Trinajstić information content (AvgIpc) is 3.11. The van der Waals surface area contributed by atoms with Gasteiger partial charge in [-0.3, -0.25) is 9.78 Å². The molecule has 0 bridgehead atoms. The molecule has 26 heavy (non-hydrogen) atoms. The highest BCUT2D eigenvalue weighted by molar-refractivity contribution is 5.89. The summed E-state index contributed by atoms with van der Waals surface area (Å²) in [5.74, 6) is 0.297. The third-order valence-corrected chi connectivity index (χ3v) is 4.94. The van der Waals surface area contributed by atoms with Crippen molar-refractivity contribution >= 4 is 11.7 Å². The zero-order valence-electron chi connectivity index (χ0n) is 15.6. The van der Waals surface area contributed by atoms with Gasteiger partial charge in [0.1, 0.15) is 5.82 Å². The summed E-state index contributed by atoms with van der Waals surface area (Å²) < 4.78 is 0. The third-order valence-electron chi connectivity index (χ3n) is 4.94. The molecule has 0 unspecified atom stereocenters. The Bertz CT molecular complexity index is 789. The minimum Gasteiger partial charge on any atom is -0.363 e. The van der Waals surface area contributed by atoms with Gasteiger partial charge in [0.05, 0.1) is 5.69 Å². The Morgan fingerprint density at radius 3 is 2.81 bits per heavy atom. The normalized spacial score (nSPS) is 16.9. The van der Waals surface area contributed by atoms with Crippen LogP contribution in [0.5, 0.6) is 0 Å². The average molecular weight is 354 g/mol. The molecule has 0 radical (unpaired) electrons. The molecule has 1 saturated heterocycles. The van der Waals surface area contributed by atoms with E-state index in [9.17, 15) is 4.79 Å². The second-order valence-corrected chi connectivity index (χ2v) is 6.77. The molecule has 1 atom stereocenters. The van der Waals surface area contributed by atoms with Gasteiger partial charge in [0.2, 0.25) is 5.82 Å². The zero-order chi connectivity index (χ0) is 18.7. The topological polar surface area (TPSA) is 97.0 Å². The van der Waals surface area contributed by atoms with Gasteiger partial charge in [0.25, 0.3) is 5.91 Å². The van der Waals surface area contributed by atoms with Crippen molar-refractivity contribution in [3.05, 3.63) is 46.7 Å². The molecule has 2 aromatic rings. The first-order chi connectivity index (χ1) is 12.5. The molecule has 3 rings (SSSR count). The lowest BCUT2D eigenvalue weighted by Crippen LogP contribution is -2.33. The maximum Gasteiger partial charge on any atom is 0.286 e. The Hall–Kier alpha value is -2.54. The molecular weight excluding hydrogens is 328 g/mol. The molecule has 0 aliphatic carbocycles. The predicted molar refractivity (Wildman–Crippen MR) is 101 cm³/mol. The van der Waals surface area contributed by atoms with Gasteiger partial charge in [0.15, 0.2) is 0 Å². The van der Waals surface area contributed by atoms with E-state index in [0.29, 0.717) is 6.04 Å². The standard InChI is InChI=1S/C19H26N6O/c1-4-14-5-6-15(21-9-14)10-22-16-7-8-25(11-16)19-12(2)13(3)23-18(24-19)17(20)26/h5-6,9,16,22H,4,7-8,10-11H2,1-3H3,(H2,20,26)/t16-/m1/s1. The summed E-state index contributed by atoms with van der Waals surface area (Å²) in [6.45, 7) is 8.46. The van der Waals surface area contributed by atoms with Crippen molar-refractivity contribution in [2.24, 2.45) is 5.73 Å². The number of primary amides is 1. The van der Waals surface area contributed by atoms with Crippen LogP contribution in [0.3, 0.4) is 0 Å². The minimum absolute atomic E-state index is 0.0831. The van der Waals surface area contributed by atoms with E-state index in [2.05, 4.69) is 44.2 Å². The van der Waals surface area contributed by atoms with Gasteiger partial charge in [-0.2, -0.15) is 0 Å². The lowest BCUT2D eigenvalue weighted by Gasteiger charge is -2.21. The van der Waals surface area contributed by atoms with E-state index >= 15 is 0 Å². The van der Waals surface area contributed by atoms with Gasteiger partial charge < -0.3 is 16.0 Å². The molecule has 7 heteroatoms. The van der Waals surface area contributed by atoms with Crippen LogP contribution in [0.15, 0.2) is 18.3 Å². The molecule has 2 aromatic heterocycles. The second-order valence-electron chi connectivity index (χ2n) is 6.77. The second kappa shape index (κ2) is 7.78. The van der Waals surface area contributed by atoms with E-state index in [1.807, 2.05) is 20.0 Å². The third kappa shape index (κ3) is 3.99. The van der Waals surface area contributed by atoms with Crippen molar-refractivity contribution in [1.29, 1.82) is 0 Å². The van der Waals surface area contributed by atoms with Crippen LogP contribution >= 0.6 is 0 Å². The van der Waals surface area contributed by atoms with Gasteiger partial charge in [0, 0.05) is 43.1 Å². The summed E-state index contributed by atoms with van der Waals surface area (Å²) in [5.41, 5.74) is 9.44. The molecule has 138 valence electrons. The number of hydrogen-bond donors (Lipinski definition) is 2. The number of nitrogens with zero attached hydrogens (tertiary/aromatic N) is 4. The van der Waals surface area contributed by atoms with Gasteiger partial charge in [-0.15, -0.1) is 0 Å². The SMILES string of the molecule is CCc1ccc(CN[C@@H]2CCN(c3nc(C(N)=O)nc(C)c3C)C2)nc1. The monoisotopic (exact) mass is 354 g/mol. The van der Waals surface area contributed by atoms with Crippen molar-refractivity contribution in [3.8, 4) is 0 Å². The zero-order valence-corrected chi connectivity index (χ0v) is 15.6. The highest BCUT2D eigenvalue weighted by atomic mass is 16.1. The number of rotatable bonds is 6. The first-order valence-electron chi connectivity index (χ1n) is 9.05. The minimum atomic E-state index is -0.593. The van der Waals surface area contributed by atoms with Crippen molar-refractivity contribution < 1.29 is 4.79 Å². The molecule has 7 nitrogen and oxygen atoms in total. The Kier molecular flexibility index (Phi) is 5.46. The maximum absolute atomic E-state index is 11.5. The fourth-order valence-corrected chi connectivity index (χ4v) is 3.17. The van der Waals surface area contributed by atoms with Crippen molar-refractivity contribution in [3.63, 3.8) is 0 Å². The summed E-state index contributed by atoms with van der Waals surface area (Å²) in [5, 5.41) is 3.57. The molecule has 3 heterocycles. The van der Waals surface area contributed by atoms with Crippen LogP contribution in [-0.2, 0) is 13.0 Å². The van der Waals surface area contributed by atoms with Crippen LogP contribution in [0.2, 0.25) is 0 Å². The van der Waals surface area contributed by atoms with Crippen molar-refractivity contribution in [2.45, 2.75) is 46.2 Å². The van der Waals surface area contributed by atoms with Crippen molar-refractivity contribution in [1.82, 2.24) is 20.3 Å². The van der Waals surface area contributed by atoms with E-state index in [1.54, 1.807) is 0 Å². The molecule has 1 amide bonds. The molecular formula is C19H26N6O. The Labute approximate surface area is 154 Å². The number of carbonyl (C=O) groups is 1. The number of aryl methyl sites for hydroxylation is 2. The molecule has 0 aromatic carbocycles. The number of carbonyl (C=O) groups excluding carboxylic acids is 1. The van der Waals surface area contributed by atoms with E-state index in [-0.39, 0.29) is 5.82 Å². The number of pyridine rings is 1. The molecule has 0 saturated carbocycles. The lowest BCUT2D eigenvalue weighted by molar-refractivity contribution is 0.0990. The first kappa shape index (κ1) is 18.3.